The summed E-state index contributed by atoms with van der Waals surface area (Å²) in [6.07, 6.45) is 0.296. The van der Waals surface area contributed by atoms with Gasteiger partial charge in [0.2, 0.25) is 0 Å². The van der Waals surface area contributed by atoms with Crippen LogP contribution in [0.2, 0.25) is 0 Å². The standard InChI is InChI=1S/C8H7FO2.C2H6/c1-5-2-7(9)6(4-10)8(11)3-5;1-2/h2-4,11H,1H3;1-2H3. The first-order valence-corrected chi connectivity index (χ1v) is 4.09. The predicted octanol–water partition coefficient (Wildman–Crippen LogP) is 2.68. The molecule has 0 saturated heterocycles. The van der Waals surface area contributed by atoms with Gasteiger partial charge in [-0.2, -0.15) is 0 Å². The Hall–Kier alpha value is -1.38. The normalized spacial score (nSPS) is 8.62. The van der Waals surface area contributed by atoms with Crippen molar-refractivity contribution in [2.75, 3.05) is 0 Å². The van der Waals surface area contributed by atoms with Crippen molar-refractivity contribution in [3.05, 3.63) is 29.1 Å². The molecule has 1 aromatic rings. The van der Waals surface area contributed by atoms with Crippen LogP contribution in [-0.4, -0.2) is 11.4 Å². The molecule has 72 valence electrons. The molecule has 1 N–H and O–H groups in total. The van der Waals surface area contributed by atoms with E-state index in [9.17, 15) is 9.18 Å². The molecule has 0 fully saturated rings. The van der Waals surface area contributed by atoms with Crippen molar-refractivity contribution in [1.29, 1.82) is 0 Å². The zero-order valence-electron chi connectivity index (χ0n) is 7.97. The van der Waals surface area contributed by atoms with Crippen molar-refractivity contribution in [2.24, 2.45) is 0 Å². The Labute approximate surface area is 77.0 Å². The van der Waals surface area contributed by atoms with Crippen LogP contribution in [0.1, 0.15) is 29.8 Å². The molecule has 0 aliphatic heterocycles. The van der Waals surface area contributed by atoms with E-state index in [-0.39, 0.29) is 11.3 Å². The van der Waals surface area contributed by atoms with E-state index in [2.05, 4.69) is 0 Å². The summed E-state index contributed by atoms with van der Waals surface area (Å²) < 4.78 is 12.7. The van der Waals surface area contributed by atoms with Crippen LogP contribution in [0.25, 0.3) is 0 Å². The lowest BCUT2D eigenvalue weighted by Gasteiger charge is -1.99. The van der Waals surface area contributed by atoms with E-state index in [1.54, 1.807) is 6.92 Å². The van der Waals surface area contributed by atoms with Crippen molar-refractivity contribution in [3.8, 4) is 5.75 Å². The Morgan fingerprint density at radius 1 is 1.38 bits per heavy atom. The molecular formula is C10H13FO2. The molecule has 0 heterocycles. The third-order valence-electron chi connectivity index (χ3n) is 1.37. The summed E-state index contributed by atoms with van der Waals surface area (Å²) in [4.78, 5) is 10.2. The topological polar surface area (TPSA) is 37.3 Å². The van der Waals surface area contributed by atoms with Crippen LogP contribution in [0.4, 0.5) is 4.39 Å². The number of aromatic hydroxyl groups is 1. The Kier molecular flexibility index (Phi) is 4.74. The molecule has 13 heavy (non-hydrogen) atoms. The van der Waals surface area contributed by atoms with E-state index in [1.807, 2.05) is 13.8 Å². The molecule has 0 atom stereocenters. The largest absolute Gasteiger partial charge is 0.507 e. The van der Waals surface area contributed by atoms with E-state index in [4.69, 9.17) is 5.11 Å². The van der Waals surface area contributed by atoms with Crippen LogP contribution in [0.3, 0.4) is 0 Å². The number of carbonyl (C=O) groups is 1. The summed E-state index contributed by atoms with van der Waals surface area (Å²) in [5.74, 6) is -0.991. The summed E-state index contributed by atoms with van der Waals surface area (Å²) in [5, 5.41) is 9.00. The Balaban J connectivity index is 0.000000671. The van der Waals surface area contributed by atoms with Gasteiger partial charge in [0, 0.05) is 0 Å². The molecule has 0 unspecified atom stereocenters. The van der Waals surface area contributed by atoms with Crippen LogP contribution in [0.15, 0.2) is 12.1 Å². The van der Waals surface area contributed by atoms with Crippen molar-refractivity contribution in [2.45, 2.75) is 20.8 Å². The zero-order chi connectivity index (χ0) is 10.4. The minimum Gasteiger partial charge on any atom is -0.507 e. The molecule has 0 radical (unpaired) electrons. The molecule has 0 aromatic heterocycles. The average Bonchev–Trinajstić information content (AvgIpc) is 2.07. The van der Waals surface area contributed by atoms with Gasteiger partial charge in [0.1, 0.15) is 11.6 Å². The van der Waals surface area contributed by atoms with Crippen LogP contribution in [0.5, 0.6) is 5.75 Å². The molecule has 0 spiro atoms. The maximum Gasteiger partial charge on any atom is 0.156 e. The minimum atomic E-state index is -0.683. The second kappa shape index (κ2) is 5.30. The van der Waals surface area contributed by atoms with Gasteiger partial charge >= 0.3 is 0 Å². The van der Waals surface area contributed by atoms with Crippen molar-refractivity contribution in [3.63, 3.8) is 0 Å². The number of aldehydes is 1. The van der Waals surface area contributed by atoms with E-state index in [1.165, 1.54) is 12.1 Å². The van der Waals surface area contributed by atoms with E-state index in [0.29, 0.717) is 11.8 Å². The molecule has 0 saturated carbocycles. The van der Waals surface area contributed by atoms with Crippen LogP contribution in [0, 0.1) is 12.7 Å². The maximum absolute atomic E-state index is 12.7. The summed E-state index contributed by atoms with van der Waals surface area (Å²) in [7, 11) is 0. The molecule has 1 rings (SSSR count). The molecule has 2 nitrogen and oxygen atoms in total. The fourth-order valence-corrected chi connectivity index (χ4v) is 0.852. The fraction of sp³-hybridized carbons (Fsp3) is 0.300. The number of benzene rings is 1. The highest BCUT2D eigenvalue weighted by Gasteiger charge is 2.06. The average molecular weight is 184 g/mol. The number of rotatable bonds is 1. The van der Waals surface area contributed by atoms with Gasteiger partial charge in [0.25, 0.3) is 0 Å². The summed E-state index contributed by atoms with van der Waals surface area (Å²) in [6, 6.07) is 2.54. The molecule has 0 bridgehead atoms. The van der Waals surface area contributed by atoms with Gasteiger partial charge in [-0.25, -0.2) is 4.39 Å². The molecule has 0 amide bonds. The molecule has 1 aromatic carbocycles. The predicted molar refractivity (Wildman–Crippen MR) is 49.5 cm³/mol. The van der Waals surface area contributed by atoms with Crippen LogP contribution in [-0.2, 0) is 0 Å². The fourth-order valence-electron chi connectivity index (χ4n) is 0.852. The van der Waals surface area contributed by atoms with Gasteiger partial charge in [0.15, 0.2) is 6.29 Å². The molecule has 0 aliphatic carbocycles. The van der Waals surface area contributed by atoms with Gasteiger partial charge in [-0.3, -0.25) is 4.79 Å². The first-order chi connectivity index (χ1) is 6.15. The van der Waals surface area contributed by atoms with E-state index >= 15 is 0 Å². The Bertz CT molecular complexity index is 272. The highest BCUT2D eigenvalue weighted by molar-refractivity contribution is 5.79. The lowest BCUT2D eigenvalue weighted by atomic mass is 10.1. The third-order valence-corrected chi connectivity index (χ3v) is 1.37. The minimum absolute atomic E-state index is 0.282. The number of hydrogen-bond donors (Lipinski definition) is 1. The van der Waals surface area contributed by atoms with Gasteiger partial charge in [0.05, 0.1) is 5.56 Å². The maximum atomic E-state index is 12.7. The van der Waals surface area contributed by atoms with Crippen molar-refractivity contribution >= 4 is 6.29 Å². The highest BCUT2D eigenvalue weighted by Crippen LogP contribution is 2.19. The second-order valence-corrected chi connectivity index (χ2v) is 2.30. The summed E-state index contributed by atoms with van der Waals surface area (Å²) >= 11 is 0. The SMILES string of the molecule is CC.Cc1cc(O)c(C=O)c(F)c1. The van der Waals surface area contributed by atoms with E-state index < -0.39 is 5.82 Å². The van der Waals surface area contributed by atoms with Crippen LogP contribution < -0.4 is 0 Å². The van der Waals surface area contributed by atoms with Crippen LogP contribution >= 0.6 is 0 Å². The van der Waals surface area contributed by atoms with E-state index in [0.717, 1.165) is 0 Å². The monoisotopic (exact) mass is 184 g/mol. The molecule has 3 heteroatoms. The molecular weight excluding hydrogens is 171 g/mol. The Morgan fingerprint density at radius 3 is 2.31 bits per heavy atom. The van der Waals surface area contributed by atoms with Crippen molar-refractivity contribution in [1.82, 2.24) is 0 Å². The van der Waals surface area contributed by atoms with Gasteiger partial charge in [-0.05, 0) is 24.6 Å². The number of hydrogen-bond acceptors (Lipinski definition) is 2. The number of aryl methyl sites for hydroxylation is 1. The third kappa shape index (κ3) is 2.86. The first-order valence-electron chi connectivity index (χ1n) is 4.09. The lowest BCUT2D eigenvalue weighted by molar-refractivity contribution is 0.111. The molecule has 0 aliphatic rings. The summed E-state index contributed by atoms with van der Waals surface area (Å²) in [6.45, 7) is 5.64. The second-order valence-electron chi connectivity index (χ2n) is 2.30. The number of halogens is 1. The van der Waals surface area contributed by atoms with Gasteiger partial charge in [-0.1, -0.05) is 13.8 Å². The lowest BCUT2D eigenvalue weighted by Crippen LogP contribution is -1.89. The summed E-state index contributed by atoms with van der Waals surface area (Å²) in [5.41, 5.74) is 0.307. The smallest absolute Gasteiger partial charge is 0.156 e. The highest BCUT2D eigenvalue weighted by atomic mass is 19.1. The number of phenolic OH excluding ortho intramolecular Hbond substituents is 1. The number of phenols is 1. The quantitative estimate of drug-likeness (QED) is 0.681. The van der Waals surface area contributed by atoms with Gasteiger partial charge in [-0.15, -0.1) is 0 Å². The zero-order valence-corrected chi connectivity index (χ0v) is 7.97. The van der Waals surface area contributed by atoms with Crippen molar-refractivity contribution < 1.29 is 14.3 Å². The first kappa shape index (κ1) is 11.6. The van der Waals surface area contributed by atoms with Gasteiger partial charge < -0.3 is 5.11 Å². The number of carbonyl (C=O) groups excluding carboxylic acids is 1. The Morgan fingerprint density at radius 2 is 1.92 bits per heavy atom.